The summed E-state index contributed by atoms with van der Waals surface area (Å²) in [6, 6.07) is 0.592. The minimum absolute atomic E-state index is 0.0252. The minimum atomic E-state index is -0.0252. The highest BCUT2D eigenvalue weighted by molar-refractivity contribution is 4.87. The summed E-state index contributed by atoms with van der Waals surface area (Å²) in [7, 11) is 2.21. The molecule has 0 N–H and O–H groups in total. The third kappa shape index (κ3) is 2.96. The summed E-state index contributed by atoms with van der Waals surface area (Å²) >= 11 is 0. The quantitative estimate of drug-likeness (QED) is 0.677. The molecule has 2 nitrogen and oxygen atoms in total. The Bertz CT molecular complexity index is 175. The summed E-state index contributed by atoms with van der Waals surface area (Å²) in [6.07, 6.45) is 1.64. The van der Waals surface area contributed by atoms with Crippen molar-refractivity contribution >= 4 is 0 Å². The molecule has 1 aliphatic rings. The fourth-order valence-electron chi connectivity index (χ4n) is 2.61. The number of hydrogen-bond donors (Lipinski definition) is 0. The Kier molecular flexibility index (Phi) is 3.59. The molecule has 0 saturated carbocycles. The lowest BCUT2D eigenvalue weighted by Crippen LogP contribution is -2.42. The van der Waals surface area contributed by atoms with Crippen molar-refractivity contribution < 1.29 is 4.74 Å². The number of nitrogens with zero attached hydrogens (tertiary/aromatic N) is 1. The molecule has 0 bridgehead atoms. The zero-order valence-corrected chi connectivity index (χ0v) is 10.5. The van der Waals surface area contributed by atoms with E-state index >= 15 is 0 Å². The normalized spacial score (nSPS) is 32.1. The van der Waals surface area contributed by atoms with Crippen LogP contribution in [0, 0.1) is 5.92 Å². The molecule has 1 heterocycles. The molecular weight excluding hydrogens is 174 g/mol. The Labute approximate surface area is 88.6 Å². The monoisotopic (exact) mass is 199 g/mol. The molecule has 0 aliphatic carbocycles. The lowest BCUT2D eigenvalue weighted by molar-refractivity contribution is -0.0835. The summed E-state index contributed by atoms with van der Waals surface area (Å²) in [5.41, 5.74) is -0.0252. The summed E-state index contributed by atoms with van der Waals surface area (Å²) in [5.74, 6) is 0.761. The maximum atomic E-state index is 6.02. The molecule has 0 unspecified atom stereocenters. The maximum absolute atomic E-state index is 6.02. The molecule has 1 aliphatic heterocycles. The Morgan fingerprint density at radius 3 is 2.29 bits per heavy atom. The van der Waals surface area contributed by atoms with Gasteiger partial charge >= 0.3 is 0 Å². The van der Waals surface area contributed by atoms with Gasteiger partial charge in [0.25, 0.3) is 0 Å². The van der Waals surface area contributed by atoms with E-state index in [0.29, 0.717) is 12.1 Å². The number of likely N-dealkylation sites (tertiary alicyclic amines) is 1. The van der Waals surface area contributed by atoms with Crippen molar-refractivity contribution in [2.45, 2.75) is 58.8 Å². The summed E-state index contributed by atoms with van der Waals surface area (Å²) in [5, 5.41) is 0. The van der Waals surface area contributed by atoms with Gasteiger partial charge in [0, 0.05) is 6.04 Å². The Morgan fingerprint density at radius 2 is 1.93 bits per heavy atom. The lowest BCUT2D eigenvalue weighted by Gasteiger charge is -2.34. The second-order valence-electron chi connectivity index (χ2n) is 5.67. The van der Waals surface area contributed by atoms with E-state index in [2.05, 4.69) is 46.6 Å². The Balaban J connectivity index is 2.55. The van der Waals surface area contributed by atoms with Crippen LogP contribution in [0.1, 0.15) is 41.0 Å². The number of rotatable bonds is 2. The molecule has 0 aromatic heterocycles. The van der Waals surface area contributed by atoms with Crippen LogP contribution >= 0.6 is 0 Å². The average molecular weight is 199 g/mol. The van der Waals surface area contributed by atoms with Crippen LogP contribution < -0.4 is 0 Å². The average Bonchev–Trinajstić information content (AvgIpc) is 2.27. The van der Waals surface area contributed by atoms with Crippen molar-refractivity contribution in [3.63, 3.8) is 0 Å². The van der Waals surface area contributed by atoms with Gasteiger partial charge in [-0.2, -0.15) is 0 Å². The number of ether oxygens (including phenoxy) is 1. The van der Waals surface area contributed by atoms with E-state index in [4.69, 9.17) is 4.74 Å². The van der Waals surface area contributed by atoms with Crippen molar-refractivity contribution in [2.24, 2.45) is 5.92 Å². The first-order valence-corrected chi connectivity index (χ1v) is 5.69. The van der Waals surface area contributed by atoms with Gasteiger partial charge in [0.15, 0.2) is 0 Å². The van der Waals surface area contributed by atoms with E-state index in [0.717, 1.165) is 5.92 Å². The molecule has 84 valence electrons. The summed E-state index contributed by atoms with van der Waals surface area (Å²) in [6.45, 7) is 12.1. The van der Waals surface area contributed by atoms with Crippen molar-refractivity contribution in [3.05, 3.63) is 0 Å². The first kappa shape index (κ1) is 12.0. The molecule has 1 fully saturated rings. The summed E-state index contributed by atoms with van der Waals surface area (Å²) in [4.78, 5) is 2.43. The van der Waals surface area contributed by atoms with E-state index in [1.807, 2.05) is 0 Å². The topological polar surface area (TPSA) is 12.5 Å². The summed E-state index contributed by atoms with van der Waals surface area (Å²) < 4.78 is 6.02. The van der Waals surface area contributed by atoms with Crippen LogP contribution in [0.15, 0.2) is 0 Å². The number of likely N-dealkylation sites (N-methyl/N-ethyl adjacent to an activating group) is 1. The minimum Gasteiger partial charge on any atom is -0.371 e. The Hall–Kier alpha value is -0.0800. The first-order chi connectivity index (χ1) is 6.31. The molecule has 0 amide bonds. The molecule has 1 saturated heterocycles. The van der Waals surface area contributed by atoms with Gasteiger partial charge in [-0.3, -0.25) is 0 Å². The molecular formula is C12H25NO. The third-order valence-electron chi connectivity index (χ3n) is 3.05. The van der Waals surface area contributed by atoms with Gasteiger partial charge in [0.2, 0.25) is 0 Å². The van der Waals surface area contributed by atoms with Gasteiger partial charge in [-0.1, -0.05) is 6.92 Å². The molecule has 14 heavy (non-hydrogen) atoms. The molecule has 1 rings (SSSR count). The van der Waals surface area contributed by atoms with Gasteiger partial charge < -0.3 is 9.64 Å². The zero-order chi connectivity index (χ0) is 10.9. The second-order valence-corrected chi connectivity index (χ2v) is 5.67. The Morgan fingerprint density at radius 1 is 1.36 bits per heavy atom. The molecule has 3 atom stereocenters. The lowest BCUT2D eigenvalue weighted by atomic mass is 9.98. The van der Waals surface area contributed by atoms with Crippen LogP contribution in [0.4, 0.5) is 0 Å². The fraction of sp³-hybridized carbons (Fsp3) is 1.00. The number of hydrogen-bond acceptors (Lipinski definition) is 2. The van der Waals surface area contributed by atoms with Gasteiger partial charge in [-0.25, -0.2) is 0 Å². The van der Waals surface area contributed by atoms with E-state index in [9.17, 15) is 0 Å². The van der Waals surface area contributed by atoms with Crippen LogP contribution in [0.2, 0.25) is 0 Å². The van der Waals surface area contributed by atoms with E-state index in [-0.39, 0.29) is 5.60 Å². The van der Waals surface area contributed by atoms with Crippen molar-refractivity contribution in [3.8, 4) is 0 Å². The maximum Gasteiger partial charge on any atom is 0.0711 e. The zero-order valence-electron chi connectivity index (χ0n) is 10.5. The van der Waals surface area contributed by atoms with Gasteiger partial charge in [-0.05, 0) is 53.6 Å². The van der Waals surface area contributed by atoms with Crippen molar-refractivity contribution in [1.29, 1.82) is 0 Å². The van der Waals surface area contributed by atoms with Crippen molar-refractivity contribution in [2.75, 3.05) is 13.6 Å². The van der Waals surface area contributed by atoms with E-state index in [1.54, 1.807) is 0 Å². The van der Waals surface area contributed by atoms with Gasteiger partial charge in [0.05, 0.1) is 11.7 Å². The molecule has 0 radical (unpaired) electrons. The third-order valence-corrected chi connectivity index (χ3v) is 3.05. The largest absolute Gasteiger partial charge is 0.371 e. The van der Waals surface area contributed by atoms with Crippen LogP contribution in [0.5, 0.6) is 0 Å². The second kappa shape index (κ2) is 4.19. The van der Waals surface area contributed by atoms with Gasteiger partial charge in [-0.15, -0.1) is 0 Å². The fourth-order valence-corrected chi connectivity index (χ4v) is 2.61. The highest BCUT2D eigenvalue weighted by Crippen LogP contribution is 2.28. The SMILES string of the molecule is C[C@H](OC(C)(C)C)[C@@H]1[C@@H](C)CCN1C. The molecule has 2 heteroatoms. The van der Waals surface area contributed by atoms with Crippen LogP contribution in [0.3, 0.4) is 0 Å². The smallest absolute Gasteiger partial charge is 0.0711 e. The van der Waals surface area contributed by atoms with Crippen molar-refractivity contribution in [1.82, 2.24) is 4.90 Å². The highest BCUT2D eigenvalue weighted by atomic mass is 16.5. The van der Waals surface area contributed by atoms with E-state index in [1.165, 1.54) is 13.0 Å². The molecule has 0 spiro atoms. The molecule has 0 aromatic rings. The van der Waals surface area contributed by atoms with Crippen LogP contribution in [-0.4, -0.2) is 36.2 Å². The highest BCUT2D eigenvalue weighted by Gasteiger charge is 2.34. The van der Waals surface area contributed by atoms with Crippen LogP contribution in [-0.2, 0) is 4.74 Å². The predicted octanol–water partition coefficient (Wildman–Crippen LogP) is 2.53. The molecule has 0 aromatic carbocycles. The van der Waals surface area contributed by atoms with Crippen LogP contribution in [0.25, 0.3) is 0 Å². The first-order valence-electron chi connectivity index (χ1n) is 5.69. The van der Waals surface area contributed by atoms with E-state index < -0.39 is 0 Å². The van der Waals surface area contributed by atoms with Gasteiger partial charge in [0.1, 0.15) is 0 Å². The predicted molar refractivity (Wildman–Crippen MR) is 60.5 cm³/mol. The standard InChI is InChI=1S/C12H25NO/c1-9-7-8-13(6)11(9)10(2)14-12(3,4)5/h9-11H,7-8H2,1-6H3/t9-,10-,11-/m0/s1.